The minimum Gasteiger partial charge on any atom is -0.351 e. The van der Waals surface area contributed by atoms with Crippen LogP contribution in [0.15, 0.2) is 47.5 Å². The number of nitrogens with one attached hydrogen (secondary N) is 1. The molecule has 1 aromatic heterocycles. The molecule has 2 aromatic rings. The molecule has 19 heavy (non-hydrogen) atoms. The van der Waals surface area contributed by atoms with E-state index < -0.39 is 0 Å². The topological polar surface area (TPSA) is 17.0 Å². The minimum absolute atomic E-state index is 0.371. The highest BCUT2D eigenvalue weighted by atomic mass is 32.2. The van der Waals surface area contributed by atoms with Gasteiger partial charge in [-0.1, -0.05) is 12.1 Å². The fourth-order valence-electron chi connectivity index (χ4n) is 2.19. The first-order valence-corrected chi connectivity index (χ1v) is 7.98. The summed E-state index contributed by atoms with van der Waals surface area (Å²) in [6, 6.07) is 13.5. The van der Waals surface area contributed by atoms with Crippen molar-refractivity contribution < 1.29 is 0 Å². The maximum atomic E-state index is 3.59. The smallest absolute Gasteiger partial charge is 0.0364 e. The van der Waals surface area contributed by atoms with Crippen molar-refractivity contribution >= 4 is 11.8 Å². The van der Waals surface area contributed by atoms with Crippen LogP contribution in [0.25, 0.3) is 0 Å². The number of hydrogen-bond acceptors (Lipinski definition) is 2. The zero-order valence-electron chi connectivity index (χ0n) is 11.9. The van der Waals surface area contributed by atoms with Crippen LogP contribution in [-0.4, -0.2) is 10.8 Å². The molecule has 3 heteroatoms. The van der Waals surface area contributed by atoms with Crippen LogP contribution in [0, 0.1) is 0 Å². The molecule has 1 aromatic carbocycles. The highest BCUT2D eigenvalue weighted by molar-refractivity contribution is 7.98. The van der Waals surface area contributed by atoms with Crippen molar-refractivity contribution in [2.75, 3.05) is 6.26 Å². The van der Waals surface area contributed by atoms with E-state index in [0.717, 1.165) is 13.1 Å². The Hall–Kier alpha value is -1.19. The Labute approximate surface area is 120 Å². The van der Waals surface area contributed by atoms with Gasteiger partial charge in [-0.05, 0) is 49.9 Å². The number of aromatic nitrogens is 1. The number of nitrogens with zero attached hydrogens (tertiary/aromatic N) is 1. The van der Waals surface area contributed by atoms with Gasteiger partial charge in [-0.2, -0.15) is 0 Å². The molecule has 0 aliphatic carbocycles. The monoisotopic (exact) mass is 274 g/mol. The maximum absolute atomic E-state index is 3.59. The Kier molecular flexibility index (Phi) is 5.11. The number of thioether (sulfide) groups is 1. The van der Waals surface area contributed by atoms with Gasteiger partial charge in [-0.25, -0.2) is 0 Å². The van der Waals surface area contributed by atoms with Crippen molar-refractivity contribution in [1.29, 1.82) is 0 Å². The fourth-order valence-corrected chi connectivity index (χ4v) is 2.59. The van der Waals surface area contributed by atoms with Crippen LogP contribution in [0.2, 0.25) is 0 Å². The Balaban J connectivity index is 1.95. The summed E-state index contributed by atoms with van der Waals surface area (Å²) in [5, 5.41) is 3.59. The van der Waals surface area contributed by atoms with Gasteiger partial charge in [0.25, 0.3) is 0 Å². The third-order valence-electron chi connectivity index (χ3n) is 3.47. The molecule has 0 aliphatic rings. The molecule has 1 heterocycles. The van der Waals surface area contributed by atoms with E-state index >= 15 is 0 Å². The first kappa shape index (κ1) is 14.2. The van der Waals surface area contributed by atoms with Gasteiger partial charge < -0.3 is 9.88 Å². The Morgan fingerprint density at radius 1 is 1.21 bits per heavy atom. The Bertz CT molecular complexity index is 502. The molecule has 0 radical (unpaired) electrons. The van der Waals surface area contributed by atoms with Crippen molar-refractivity contribution in [1.82, 2.24) is 9.88 Å². The van der Waals surface area contributed by atoms with E-state index in [-0.39, 0.29) is 0 Å². The normalized spacial score (nSPS) is 12.6. The lowest BCUT2D eigenvalue weighted by molar-refractivity contribution is 0.549. The second-order valence-corrected chi connectivity index (χ2v) is 5.54. The van der Waals surface area contributed by atoms with Crippen molar-refractivity contribution in [3.63, 3.8) is 0 Å². The van der Waals surface area contributed by atoms with E-state index in [4.69, 9.17) is 0 Å². The maximum Gasteiger partial charge on any atom is 0.0364 e. The highest BCUT2D eigenvalue weighted by Gasteiger charge is 2.06. The first-order valence-electron chi connectivity index (χ1n) is 6.76. The largest absolute Gasteiger partial charge is 0.351 e. The molecule has 1 unspecified atom stereocenters. The van der Waals surface area contributed by atoms with Gasteiger partial charge in [-0.3, -0.25) is 0 Å². The van der Waals surface area contributed by atoms with Gasteiger partial charge in [0.2, 0.25) is 0 Å². The van der Waals surface area contributed by atoms with E-state index in [2.05, 4.69) is 72.6 Å². The van der Waals surface area contributed by atoms with E-state index in [1.54, 1.807) is 11.8 Å². The molecule has 2 nitrogen and oxygen atoms in total. The van der Waals surface area contributed by atoms with Crippen LogP contribution >= 0.6 is 11.8 Å². The second kappa shape index (κ2) is 6.83. The summed E-state index contributed by atoms with van der Waals surface area (Å²) < 4.78 is 2.27. The molecule has 1 atom stereocenters. The predicted octanol–water partition coefficient (Wildman–Crippen LogP) is 4.08. The number of rotatable bonds is 6. The van der Waals surface area contributed by atoms with Gasteiger partial charge >= 0.3 is 0 Å². The van der Waals surface area contributed by atoms with Gasteiger partial charge in [0, 0.05) is 35.9 Å². The molecule has 0 saturated carbocycles. The molecule has 1 N–H and O–H groups in total. The van der Waals surface area contributed by atoms with Gasteiger partial charge in [0.15, 0.2) is 0 Å². The van der Waals surface area contributed by atoms with Crippen molar-refractivity contribution in [3.8, 4) is 0 Å². The zero-order chi connectivity index (χ0) is 13.7. The number of benzene rings is 1. The van der Waals surface area contributed by atoms with Crippen LogP contribution in [0.5, 0.6) is 0 Å². The zero-order valence-corrected chi connectivity index (χ0v) is 12.7. The molecule has 102 valence electrons. The van der Waals surface area contributed by atoms with Gasteiger partial charge in [-0.15, -0.1) is 11.8 Å². The summed E-state index contributed by atoms with van der Waals surface area (Å²) in [6.07, 6.45) is 4.24. The Morgan fingerprint density at radius 3 is 2.58 bits per heavy atom. The average molecular weight is 274 g/mol. The summed E-state index contributed by atoms with van der Waals surface area (Å²) in [5.74, 6) is 0. The van der Waals surface area contributed by atoms with Gasteiger partial charge in [0.1, 0.15) is 0 Å². The van der Waals surface area contributed by atoms with Crippen molar-refractivity contribution in [2.24, 2.45) is 0 Å². The summed E-state index contributed by atoms with van der Waals surface area (Å²) >= 11 is 1.78. The fraction of sp³-hybridized carbons (Fsp3) is 0.375. The number of hydrogen-bond donors (Lipinski definition) is 1. The first-order chi connectivity index (χ1) is 9.24. The summed E-state index contributed by atoms with van der Waals surface area (Å²) in [5.41, 5.74) is 2.68. The van der Waals surface area contributed by atoms with Crippen molar-refractivity contribution in [2.45, 2.75) is 37.9 Å². The van der Waals surface area contributed by atoms with Crippen LogP contribution in [0.1, 0.15) is 31.1 Å². The lowest BCUT2D eigenvalue weighted by Crippen LogP contribution is -2.19. The lowest BCUT2D eigenvalue weighted by atomic mass is 10.1. The molecule has 0 bridgehead atoms. The standard InChI is InChI=1S/C16H22N2S/c1-4-18-11-5-6-15(18)12-17-13(2)14-7-9-16(19-3)10-8-14/h5-11,13,17H,4,12H2,1-3H3. The predicted molar refractivity (Wildman–Crippen MR) is 83.6 cm³/mol. The lowest BCUT2D eigenvalue weighted by Gasteiger charge is -2.15. The molecular weight excluding hydrogens is 252 g/mol. The van der Waals surface area contributed by atoms with Crippen LogP contribution < -0.4 is 5.32 Å². The third kappa shape index (κ3) is 3.64. The van der Waals surface area contributed by atoms with E-state index in [0.29, 0.717) is 6.04 Å². The van der Waals surface area contributed by atoms with Crippen molar-refractivity contribution in [3.05, 3.63) is 53.9 Å². The summed E-state index contributed by atoms with van der Waals surface area (Å²) in [7, 11) is 0. The molecule has 0 saturated heterocycles. The molecular formula is C16H22N2S. The number of aryl methyl sites for hydroxylation is 1. The molecule has 0 spiro atoms. The van der Waals surface area contributed by atoms with E-state index in [9.17, 15) is 0 Å². The van der Waals surface area contributed by atoms with Crippen LogP contribution in [0.4, 0.5) is 0 Å². The van der Waals surface area contributed by atoms with Crippen LogP contribution in [-0.2, 0) is 13.1 Å². The third-order valence-corrected chi connectivity index (χ3v) is 4.21. The summed E-state index contributed by atoms with van der Waals surface area (Å²) in [6.45, 7) is 6.33. The minimum atomic E-state index is 0.371. The van der Waals surface area contributed by atoms with Crippen LogP contribution in [0.3, 0.4) is 0 Å². The average Bonchev–Trinajstić information content (AvgIpc) is 2.92. The highest BCUT2D eigenvalue weighted by Crippen LogP contribution is 2.19. The molecule has 0 fully saturated rings. The van der Waals surface area contributed by atoms with E-state index in [1.165, 1.54) is 16.2 Å². The molecule has 2 rings (SSSR count). The van der Waals surface area contributed by atoms with E-state index in [1.807, 2.05) is 0 Å². The molecule has 0 aliphatic heterocycles. The molecule has 0 amide bonds. The van der Waals surface area contributed by atoms with Gasteiger partial charge in [0.05, 0.1) is 0 Å². The Morgan fingerprint density at radius 2 is 1.95 bits per heavy atom. The SMILES string of the molecule is CCn1cccc1CNC(C)c1ccc(SC)cc1. The second-order valence-electron chi connectivity index (χ2n) is 4.66. The quantitative estimate of drug-likeness (QED) is 0.799. The summed E-state index contributed by atoms with van der Waals surface area (Å²) in [4.78, 5) is 1.32.